The molecule has 1 aliphatic rings. The Balaban J connectivity index is 1.67. The molecule has 7 heteroatoms. The van der Waals surface area contributed by atoms with Gasteiger partial charge in [-0.1, -0.05) is 11.8 Å². The van der Waals surface area contributed by atoms with Crippen LogP contribution in [0.4, 0.5) is 10.1 Å². The molecule has 3 rings (SSSR count). The molecular weight excluding hydrogens is 331 g/mol. The number of hydrogen-bond acceptors (Lipinski definition) is 5. The summed E-state index contributed by atoms with van der Waals surface area (Å²) in [5.74, 6) is -0.797. The Morgan fingerprint density at radius 2 is 1.83 bits per heavy atom. The van der Waals surface area contributed by atoms with Crippen LogP contribution in [0.2, 0.25) is 0 Å². The van der Waals surface area contributed by atoms with Gasteiger partial charge in [-0.2, -0.15) is 0 Å². The lowest BCUT2D eigenvalue weighted by Crippen LogP contribution is -2.26. The number of hydrogen-bond donors (Lipinski definition) is 2. The number of nitrogens with zero attached hydrogens (tertiary/aromatic N) is 1. The van der Waals surface area contributed by atoms with E-state index in [4.69, 9.17) is 0 Å². The molecule has 1 unspecified atom stereocenters. The molecule has 0 saturated carbocycles. The molecule has 1 heterocycles. The van der Waals surface area contributed by atoms with Gasteiger partial charge in [0.05, 0.1) is 10.9 Å². The number of rotatable bonds is 4. The second-order valence-electron chi connectivity index (χ2n) is 5.16. The number of carbonyl (C=O) groups is 2. The molecule has 0 radical (unpaired) electrons. The van der Waals surface area contributed by atoms with Crippen LogP contribution in [0, 0.1) is 5.82 Å². The Labute approximate surface area is 141 Å². The van der Waals surface area contributed by atoms with Crippen molar-refractivity contribution in [2.75, 3.05) is 0 Å². The minimum atomic E-state index is -0.571. The maximum absolute atomic E-state index is 12.9. The number of Topliss-reactive ketones (excluding diaryl/α,β-unsaturated/α-hetero) is 1. The largest absolute Gasteiger partial charge is 0.508 e. The number of halogens is 1. The van der Waals surface area contributed by atoms with Crippen molar-refractivity contribution in [2.45, 2.75) is 11.7 Å². The van der Waals surface area contributed by atoms with Crippen LogP contribution in [-0.4, -0.2) is 27.2 Å². The van der Waals surface area contributed by atoms with Gasteiger partial charge in [0.1, 0.15) is 11.6 Å². The van der Waals surface area contributed by atoms with Crippen molar-refractivity contribution in [1.29, 1.82) is 0 Å². The molecule has 1 amide bonds. The monoisotopic (exact) mass is 344 g/mol. The van der Waals surface area contributed by atoms with Crippen molar-refractivity contribution in [2.24, 2.45) is 4.99 Å². The van der Waals surface area contributed by atoms with Crippen molar-refractivity contribution in [3.63, 3.8) is 0 Å². The van der Waals surface area contributed by atoms with Gasteiger partial charge in [0.25, 0.3) is 0 Å². The maximum atomic E-state index is 12.9. The second-order valence-corrected chi connectivity index (χ2v) is 6.35. The van der Waals surface area contributed by atoms with Crippen LogP contribution in [0.1, 0.15) is 16.8 Å². The fraction of sp³-hybridized carbons (Fsp3) is 0.118. The van der Waals surface area contributed by atoms with Crippen LogP contribution in [0.25, 0.3) is 0 Å². The van der Waals surface area contributed by atoms with E-state index in [2.05, 4.69) is 10.3 Å². The first kappa shape index (κ1) is 16.2. The van der Waals surface area contributed by atoms with Crippen LogP contribution in [0.3, 0.4) is 0 Å². The SMILES string of the molecule is O=C(CC1SC(=Nc2ccc(O)cc2)NC1=O)c1ccc(F)cc1. The number of phenols is 1. The molecule has 24 heavy (non-hydrogen) atoms. The highest BCUT2D eigenvalue weighted by Gasteiger charge is 2.32. The van der Waals surface area contributed by atoms with Crippen LogP contribution >= 0.6 is 11.8 Å². The van der Waals surface area contributed by atoms with E-state index in [1.54, 1.807) is 12.1 Å². The van der Waals surface area contributed by atoms with Crippen molar-refractivity contribution in [1.82, 2.24) is 5.32 Å². The third-order valence-electron chi connectivity index (χ3n) is 3.39. The van der Waals surface area contributed by atoms with Crippen LogP contribution in [-0.2, 0) is 4.79 Å². The van der Waals surface area contributed by atoms with E-state index in [-0.39, 0.29) is 23.9 Å². The van der Waals surface area contributed by atoms with E-state index in [1.807, 2.05) is 0 Å². The minimum Gasteiger partial charge on any atom is -0.508 e. The van der Waals surface area contributed by atoms with E-state index in [1.165, 1.54) is 48.2 Å². The topological polar surface area (TPSA) is 78.8 Å². The highest BCUT2D eigenvalue weighted by Crippen LogP contribution is 2.27. The summed E-state index contributed by atoms with van der Waals surface area (Å²) in [6, 6.07) is 11.5. The molecule has 122 valence electrons. The zero-order chi connectivity index (χ0) is 17.1. The lowest BCUT2D eigenvalue weighted by Gasteiger charge is -2.04. The molecule has 2 aromatic rings. The number of ketones is 1. The third kappa shape index (κ3) is 3.80. The number of nitrogens with one attached hydrogen (secondary N) is 1. The van der Waals surface area contributed by atoms with Gasteiger partial charge >= 0.3 is 0 Å². The molecular formula is C17H13FN2O3S. The lowest BCUT2D eigenvalue weighted by atomic mass is 10.1. The Hall–Kier alpha value is -2.67. The first-order valence-corrected chi connectivity index (χ1v) is 8.03. The number of amides is 1. The van der Waals surface area contributed by atoms with Crippen molar-refractivity contribution in [3.8, 4) is 5.75 Å². The fourth-order valence-electron chi connectivity index (χ4n) is 2.16. The van der Waals surface area contributed by atoms with Gasteiger partial charge in [0.15, 0.2) is 11.0 Å². The summed E-state index contributed by atoms with van der Waals surface area (Å²) in [6.45, 7) is 0. The average molecular weight is 344 g/mol. The van der Waals surface area contributed by atoms with Crippen molar-refractivity contribution in [3.05, 3.63) is 59.9 Å². The highest BCUT2D eigenvalue weighted by atomic mass is 32.2. The number of aromatic hydroxyl groups is 1. The van der Waals surface area contributed by atoms with Crippen molar-refractivity contribution < 1.29 is 19.1 Å². The summed E-state index contributed by atoms with van der Waals surface area (Å²) in [5, 5.41) is 11.7. The smallest absolute Gasteiger partial charge is 0.240 e. The predicted octanol–water partition coefficient (Wildman–Crippen LogP) is 3.02. The molecule has 1 saturated heterocycles. The standard InChI is InChI=1S/C17H13FN2O3S/c18-11-3-1-10(2-4-11)14(22)9-15-16(23)20-17(24-15)19-12-5-7-13(21)8-6-12/h1-8,15,21H,9H2,(H,19,20,23). The molecule has 0 aliphatic carbocycles. The van der Waals surface area contributed by atoms with E-state index in [9.17, 15) is 19.1 Å². The van der Waals surface area contributed by atoms with Gasteiger partial charge < -0.3 is 10.4 Å². The lowest BCUT2D eigenvalue weighted by molar-refractivity contribution is -0.118. The van der Waals surface area contributed by atoms with Gasteiger partial charge in [0.2, 0.25) is 5.91 Å². The highest BCUT2D eigenvalue weighted by molar-refractivity contribution is 8.15. The van der Waals surface area contributed by atoms with Crippen LogP contribution in [0.15, 0.2) is 53.5 Å². The molecule has 0 bridgehead atoms. The fourth-order valence-corrected chi connectivity index (χ4v) is 3.15. The average Bonchev–Trinajstić information content (AvgIpc) is 2.89. The van der Waals surface area contributed by atoms with E-state index >= 15 is 0 Å². The first-order chi connectivity index (χ1) is 11.5. The van der Waals surface area contributed by atoms with Gasteiger partial charge in [-0.05, 0) is 48.5 Å². The molecule has 1 aliphatic heterocycles. The van der Waals surface area contributed by atoms with E-state index < -0.39 is 11.1 Å². The number of thioether (sulfide) groups is 1. The minimum absolute atomic E-state index is 0.0106. The Bertz CT molecular complexity index is 804. The molecule has 2 aromatic carbocycles. The normalized spacial score (nSPS) is 18.6. The summed E-state index contributed by atoms with van der Waals surface area (Å²) in [4.78, 5) is 28.4. The number of aliphatic imine (C=N–C) groups is 1. The van der Waals surface area contributed by atoms with Gasteiger partial charge in [0, 0.05) is 12.0 Å². The summed E-state index contributed by atoms with van der Waals surface area (Å²) in [7, 11) is 0. The maximum Gasteiger partial charge on any atom is 0.240 e. The molecule has 5 nitrogen and oxygen atoms in total. The summed E-state index contributed by atoms with van der Waals surface area (Å²) < 4.78 is 12.9. The molecule has 1 fully saturated rings. The zero-order valence-corrected chi connectivity index (χ0v) is 13.2. The van der Waals surface area contributed by atoms with Gasteiger partial charge in [-0.25, -0.2) is 9.38 Å². The summed E-state index contributed by atoms with van der Waals surface area (Å²) in [6.07, 6.45) is 0.0106. The number of carbonyl (C=O) groups excluding carboxylic acids is 2. The molecule has 0 aromatic heterocycles. The quantitative estimate of drug-likeness (QED) is 0.836. The van der Waals surface area contributed by atoms with Gasteiger partial charge in [-0.3, -0.25) is 9.59 Å². The molecule has 2 N–H and O–H groups in total. The number of phenolic OH excluding ortho intramolecular Hbond substituents is 1. The third-order valence-corrected chi connectivity index (χ3v) is 4.48. The van der Waals surface area contributed by atoms with Crippen molar-refractivity contribution >= 4 is 34.3 Å². The Kier molecular flexibility index (Phi) is 4.61. The number of amidine groups is 1. The van der Waals surface area contributed by atoms with Gasteiger partial charge in [-0.15, -0.1) is 0 Å². The molecule has 0 spiro atoms. The number of benzene rings is 2. The Morgan fingerprint density at radius 1 is 1.17 bits per heavy atom. The summed E-state index contributed by atoms with van der Waals surface area (Å²) >= 11 is 1.18. The molecule has 1 atom stereocenters. The Morgan fingerprint density at radius 3 is 2.50 bits per heavy atom. The predicted molar refractivity (Wildman–Crippen MR) is 90.1 cm³/mol. The van der Waals surface area contributed by atoms with Crippen LogP contribution in [0.5, 0.6) is 5.75 Å². The summed E-state index contributed by atoms with van der Waals surface area (Å²) in [5.41, 5.74) is 0.954. The first-order valence-electron chi connectivity index (χ1n) is 7.15. The van der Waals surface area contributed by atoms with E-state index in [0.717, 1.165) is 0 Å². The zero-order valence-electron chi connectivity index (χ0n) is 12.4. The second kappa shape index (κ2) is 6.84. The van der Waals surface area contributed by atoms with Crippen LogP contribution < -0.4 is 5.32 Å². The van der Waals surface area contributed by atoms with E-state index in [0.29, 0.717) is 16.4 Å².